The van der Waals surface area contributed by atoms with Gasteiger partial charge in [-0.25, -0.2) is 0 Å². The van der Waals surface area contributed by atoms with E-state index in [-0.39, 0.29) is 11.7 Å². The number of carbonyl (C=O) groups is 1. The Morgan fingerprint density at radius 1 is 1.07 bits per heavy atom. The highest BCUT2D eigenvalue weighted by Crippen LogP contribution is 2.33. The molecule has 0 saturated carbocycles. The van der Waals surface area contributed by atoms with Crippen LogP contribution in [0.3, 0.4) is 0 Å². The van der Waals surface area contributed by atoms with Crippen LogP contribution in [0, 0.1) is 0 Å². The Kier molecular flexibility index (Phi) is 4.89. The van der Waals surface area contributed by atoms with E-state index >= 15 is 0 Å². The molecule has 0 atom stereocenters. The number of hydrogen-bond acceptors (Lipinski definition) is 5. The molecule has 2 heterocycles. The van der Waals surface area contributed by atoms with Gasteiger partial charge in [0.05, 0.1) is 21.9 Å². The van der Waals surface area contributed by atoms with Crippen LogP contribution < -0.4 is 0 Å². The molecule has 1 aliphatic rings. The Morgan fingerprint density at radius 3 is 2.76 bits per heavy atom. The van der Waals surface area contributed by atoms with Crippen LogP contribution in [0.25, 0.3) is 22.4 Å². The minimum atomic E-state index is 0.0341. The quantitative estimate of drug-likeness (QED) is 0.396. The average molecular weight is 424 g/mol. The van der Waals surface area contributed by atoms with E-state index in [1.165, 1.54) is 29.1 Å². The van der Waals surface area contributed by atoms with Crippen LogP contribution in [-0.2, 0) is 12.8 Å². The molecule has 0 bridgehead atoms. The van der Waals surface area contributed by atoms with E-state index in [4.69, 9.17) is 16.0 Å². The summed E-state index contributed by atoms with van der Waals surface area (Å²) < 4.78 is 7.60. The van der Waals surface area contributed by atoms with Gasteiger partial charge in [-0.05, 0) is 49.4 Å². The molecule has 2 aromatic carbocycles. The maximum Gasteiger partial charge on any atom is 0.277 e. The van der Waals surface area contributed by atoms with E-state index in [1.807, 2.05) is 41.0 Å². The van der Waals surface area contributed by atoms with Crippen LogP contribution in [0.5, 0.6) is 0 Å². The third kappa shape index (κ3) is 3.36. The molecule has 0 radical (unpaired) electrons. The molecule has 0 spiro atoms. The Hall–Kier alpha value is -2.57. The summed E-state index contributed by atoms with van der Waals surface area (Å²) in [6.07, 6.45) is 4.27. The lowest BCUT2D eigenvalue weighted by atomic mass is 9.96. The first kappa shape index (κ1) is 18.5. The lowest BCUT2D eigenvalue weighted by molar-refractivity contribution is 0.0943. The zero-order valence-corrected chi connectivity index (χ0v) is 17.2. The van der Waals surface area contributed by atoms with Gasteiger partial charge in [-0.3, -0.25) is 9.36 Å². The molecule has 5 nitrogen and oxygen atoms in total. The lowest BCUT2D eigenvalue weighted by Gasteiger charge is -2.14. The van der Waals surface area contributed by atoms with E-state index in [1.54, 1.807) is 6.07 Å². The van der Waals surface area contributed by atoms with Crippen molar-refractivity contribution in [2.75, 3.05) is 5.75 Å². The minimum absolute atomic E-state index is 0.0341. The monoisotopic (exact) mass is 423 g/mol. The second-order valence-corrected chi connectivity index (χ2v) is 8.35. The fourth-order valence-electron chi connectivity index (χ4n) is 3.98. The van der Waals surface area contributed by atoms with Crippen LogP contribution in [-0.4, -0.2) is 26.4 Å². The molecule has 7 heteroatoms. The van der Waals surface area contributed by atoms with Crippen LogP contribution in [0.2, 0.25) is 5.02 Å². The molecule has 146 valence electrons. The van der Waals surface area contributed by atoms with Gasteiger partial charge in [-0.1, -0.05) is 53.7 Å². The van der Waals surface area contributed by atoms with Gasteiger partial charge in [-0.15, -0.1) is 10.2 Å². The molecule has 0 N–H and O–H groups in total. The highest BCUT2D eigenvalue weighted by Gasteiger charge is 2.23. The second kappa shape index (κ2) is 7.69. The second-order valence-electron chi connectivity index (χ2n) is 7.02. The summed E-state index contributed by atoms with van der Waals surface area (Å²) in [5, 5.41) is 10.2. The smallest absolute Gasteiger partial charge is 0.277 e. The van der Waals surface area contributed by atoms with Gasteiger partial charge in [-0.2, -0.15) is 0 Å². The average Bonchev–Trinajstić information content (AvgIpc) is 3.35. The molecule has 2 aromatic heterocycles. The van der Waals surface area contributed by atoms with Crippen molar-refractivity contribution < 1.29 is 9.21 Å². The van der Waals surface area contributed by atoms with E-state index in [2.05, 4.69) is 16.3 Å². The SMILES string of the molecule is O=C(CSc1nnc(-c2ccccc2Cl)o1)n1c2c(c3ccccc31)CCCC2. The molecule has 5 rings (SSSR count). The third-order valence-electron chi connectivity index (χ3n) is 5.26. The number of nitrogens with zero attached hydrogens (tertiary/aromatic N) is 3. The first-order chi connectivity index (χ1) is 14.2. The predicted molar refractivity (Wildman–Crippen MR) is 115 cm³/mol. The number of benzene rings is 2. The Bertz CT molecular complexity index is 1210. The number of rotatable bonds is 4. The molecular formula is C22H18ClN3O2S. The van der Waals surface area contributed by atoms with Gasteiger partial charge in [0.1, 0.15) is 0 Å². The van der Waals surface area contributed by atoms with Gasteiger partial charge in [0.15, 0.2) is 0 Å². The number of halogens is 1. The molecule has 4 aromatic rings. The maximum absolute atomic E-state index is 13.1. The summed E-state index contributed by atoms with van der Waals surface area (Å²) in [5.74, 6) is 0.621. The van der Waals surface area contributed by atoms with Crippen molar-refractivity contribution in [1.82, 2.24) is 14.8 Å². The first-order valence-electron chi connectivity index (χ1n) is 9.58. The van der Waals surface area contributed by atoms with Crippen LogP contribution >= 0.6 is 23.4 Å². The van der Waals surface area contributed by atoms with Crippen LogP contribution in [0.1, 0.15) is 28.9 Å². The predicted octanol–water partition coefficient (Wildman–Crippen LogP) is 5.66. The zero-order chi connectivity index (χ0) is 19.8. The number of fused-ring (bicyclic) bond motifs is 3. The Morgan fingerprint density at radius 2 is 1.86 bits per heavy atom. The van der Waals surface area contributed by atoms with Crippen molar-refractivity contribution >= 4 is 40.2 Å². The first-order valence-corrected chi connectivity index (χ1v) is 10.9. The number of thioether (sulfide) groups is 1. The van der Waals surface area contributed by atoms with Crippen molar-refractivity contribution in [1.29, 1.82) is 0 Å². The molecule has 29 heavy (non-hydrogen) atoms. The fraction of sp³-hybridized carbons (Fsp3) is 0.227. The number of hydrogen-bond donors (Lipinski definition) is 0. The van der Waals surface area contributed by atoms with E-state index in [9.17, 15) is 4.79 Å². The van der Waals surface area contributed by atoms with Gasteiger partial charge in [0.2, 0.25) is 11.8 Å². The van der Waals surface area contributed by atoms with Crippen LogP contribution in [0.4, 0.5) is 0 Å². The highest BCUT2D eigenvalue weighted by atomic mass is 35.5. The number of para-hydroxylation sites is 1. The van der Waals surface area contributed by atoms with Crippen molar-refractivity contribution in [2.45, 2.75) is 30.9 Å². The molecule has 0 fully saturated rings. The van der Waals surface area contributed by atoms with Gasteiger partial charge < -0.3 is 4.42 Å². The topological polar surface area (TPSA) is 60.9 Å². The Labute approximate surface area is 177 Å². The highest BCUT2D eigenvalue weighted by molar-refractivity contribution is 7.99. The van der Waals surface area contributed by atoms with E-state index < -0.39 is 0 Å². The van der Waals surface area contributed by atoms with E-state index in [0.29, 0.717) is 21.7 Å². The van der Waals surface area contributed by atoms with Crippen molar-refractivity contribution in [3.05, 3.63) is 64.8 Å². The summed E-state index contributed by atoms with van der Waals surface area (Å²) in [5.41, 5.74) is 4.16. The zero-order valence-electron chi connectivity index (χ0n) is 15.6. The van der Waals surface area contributed by atoms with E-state index in [0.717, 1.165) is 30.5 Å². The fourth-order valence-corrected chi connectivity index (χ4v) is 4.81. The van der Waals surface area contributed by atoms with Gasteiger partial charge >= 0.3 is 0 Å². The molecule has 0 aliphatic heterocycles. The van der Waals surface area contributed by atoms with Crippen molar-refractivity contribution in [2.24, 2.45) is 0 Å². The van der Waals surface area contributed by atoms with Crippen molar-refractivity contribution in [3.63, 3.8) is 0 Å². The van der Waals surface area contributed by atoms with Crippen LogP contribution in [0.15, 0.2) is 58.2 Å². The number of carbonyl (C=O) groups excluding carboxylic acids is 1. The Balaban J connectivity index is 1.39. The lowest BCUT2D eigenvalue weighted by Crippen LogP contribution is -2.18. The number of aryl methyl sites for hydroxylation is 1. The van der Waals surface area contributed by atoms with Gasteiger partial charge in [0, 0.05) is 11.1 Å². The summed E-state index contributed by atoms with van der Waals surface area (Å²) >= 11 is 7.45. The molecule has 0 saturated heterocycles. The normalized spacial score (nSPS) is 13.6. The number of aromatic nitrogens is 3. The molecular weight excluding hydrogens is 406 g/mol. The third-order valence-corrected chi connectivity index (χ3v) is 6.39. The summed E-state index contributed by atoms with van der Waals surface area (Å²) in [7, 11) is 0. The summed E-state index contributed by atoms with van der Waals surface area (Å²) in [4.78, 5) is 13.1. The van der Waals surface area contributed by atoms with Crippen molar-refractivity contribution in [3.8, 4) is 11.5 Å². The molecule has 0 unspecified atom stereocenters. The van der Waals surface area contributed by atoms with Gasteiger partial charge in [0.25, 0.3) is 5.22 Å². The largest absolute Gasteiger partial charge is 0.411 e. The maximum atomic E-state index is 13.1. The molecule has 1 aliphatic carbocycles. The summed E-state index contributed by atoms with van der Waals surface area (Å²) in [6, 6.07) is 15.5. The minimum Gasteiger partial charge on any atom is -0.411 e. The molecule has 0 amide bonds. The summed E-state index contributed by atoms with van der Waals surface area (Å²) in [6.45, 7) is 0. The standard InChI is InChI=1S/C22H18ClN3O2S/c23-17-10-4-1-9-16(17)21-24-25-22(28-21)29-13-20(27)26-18-11-5-2-7-14(18)15-8-3-6-12-19(15)26/h1-2,4-5,7,9-11H,3,6,8,12-13H2.